The van der Waals surface area contributed by atoms with Gasteiger partial charge in [0.1, 0.15) is 5.69 Å². The number of nitrogens with zero attached hydrogens (tertiary/aromatic N) is 2. The summed E-state index contributed by atoms with van der Waals surface area (Å²) in [4.78, 5) is 19.6. The van der Waals surface area contributed by atoms with E-state index in [0.29, 0.717) is 27.9 Å². The normalized spacial score (nSPS) is 21.6. The van der Waals surface area contributed by atoms with E-state index in [2.05, 4.69) is 4.98 Å². The number of carbonyl (C=O) groups is 1. The Morgan fingerprint density at radius 2 is 1.84 bits per heavy atom. The number of fused-ring (bicyclic) bond motifs is 1. The van der Waals surface area contributed by atoms with Crippen molar-refractivity contribution >= 4 is 38.9 Å². The number of aromatic nitrogens is 1. The summed E-state index contributed by atoms with van der Waals surface area (Å²) in [6.45, 7) is 2.50. The number of sulfone groups is 1. The summed E-state index contributed by atoms with van der Waals surface area (Å²) < 4.78 is 26.0. The highest BCUT2D eigenvalue weighted by atomic mass is 35.5. The first-order valence-corrected chi connectivity index (χ1v) is 13.1. The number of benzene rings is 1. The standard InChI is InChI=1S/C23H26Cl2N2O3S/c1-15-12-19(25)22(13-18(15)24)31(29,30)14-17-8-4-9-20(26-17)23(28)27-11-5-7-16-6-2-3-10-21(16)27/h4,8-9,12-13,16,21H,2-3,5-7,10-11,14H2,1H3. The second-order valence-electron chi connectivity index (χ2n) is 8.56. The summed E-state index contributed by atoms with van der Waals surface area (Å²) in [6, 6.07) is 8.18. The number of pyridine rings is 1. The molecule has 2 aliphatic rings. The quantitative estimate of drug-likeness (QED) is 0.581. The molecule has 1 aliphatic carbocycles. The first-order chi connectivity index (χ1) is 14.8. The van der Waals surface area contributed by atoms with Crippen LogP contribution in [0.15, 0.2) is 35.2 Å². The van der Waals surface area contributed by atoms with E-state index in [-0.39, 0.29) is 27.6 Å². The van der Waals surface area contributed by atoms with Gasteiger partial charge in [-0.1, -0.05) is 42.1 Å². The van der Waals surface area contributed by atoms with E-state index in [1.54, 1.807) is 31.2 Å². The number of carbonyl (C=O) groups excluding carboxylic acids is 1. The zero-order chi connectivity index (χ0) is 22.2. The molecule has 2 heterocycles. The van der Waals surface area contributed by atoms with Gasteiger partial charge in [0.25, 0.3) is 5.91 Å². The molecule has 0 N–H and O–H groups in total. The van der Waals surface area contributed by atoms with Crippen LogP contribution in [0.25, 0.3) is 0 Å². The maximum absolute atomic E-state index is 13.3. The van der Waals surface area contributed by atoms with Crippen molar-refractivity contribution < 1.29 is 13.2 Å². The summed E-state index contributed by atoms with van der Waals surface area (Å²) >= 11 is 12.3. The molecule has 1 saturated heterocycles. The van der Waals surface area contributed by atoms with E-state index >= 15 is 0 Å². The molecule has 5 nitrogen and oxygen atoms in total. The van der Waals surface area contributed by atoms with Gasteiger partial charge >= 0.3 is 0 Å². The highest BCUT2D eigenvalue weighted by Gasteiger charge is 2.36. The van der Waals surface area contributed by atoms with Crippen molar-refractivity contribution in [3.63, 3.8) is 0 Å². The fourth-order valence-electron chi connectivity index (χ4n) is 4.84. The number of hydrogen-bond donors (Lipinski definition) is 0. The molecule has 1 aromatic heterocycles. The Bertz CT molecular complexity index is 1100. The van der Waals surface area contributed by atoms with Gasteiger partial charge in [-0.3, -0.25) is 4.79 Å². The number of hydrogen-bond acceptors (Lipinski definition) is 4. The molecule has 2 unspecified atom stereocenters. The first-order valence-electron chi connectivity index (χ1n) is 10.7. The van der Waals surface area contributed by atoms with E-state index in [0.717, 1.165) is 25.8 Å². The van der Waals surface area contributed by atoms with Gasteiger partial charge in [-0.15, -0.1) is 0 Å². The van der Waals surface area contributed by atoms with Crippen LogP contribution < -0.4 is 0 Å². The van der Waals surface area contributed by atoms with E-state index in [4.69, 9.17) is 23.2 Å². The fraction of sp³-hybridized carbons (Fsp3) is 0.478. The molecule has 0 bridgehead atoms. The SMILES string of the molecule is Cc1cc(Cl)c(S(=O)(=O)Cc2cccc(C(=O)N3CCCC4CCCCC43)n2)cc1Cl. The number of likely N-dealkylation sites (tertiary alicyclic amines) is 1. The lowest BCUT2D eigenvalue weighted by Gasteiger charge is -2.44. The lowest BCUT2D eigenvalue weighted by Crippen LogP contribution is -2.49. The van der Waals surface area contributed by atoms with Gasteiger partial charge in [0.05, 0.1) is 21.4 Å². The monoisotopic (exact) mass is 480 g/mol. The fourth-order valence-corrected chi connectivity index (χ4v) is 7.00. The Labute approximate surface area is 193 Å². The van der Waals surface area contributed by atoms with Crippen LogP contribution in [0, 0.1) is 12.8 Å². The Morgan fingerprint density at radius 3 is 2.65 bits per heavy atom. The van der Waals surface area contributed by atoms with Crippen LogP contribution >= 0.6 is 23.2 Å². The van der Waals surface area contributed by atoms with Crippen molar-refractivity contribution in [3.8, 4) is 0 Å². The van der Waals surface area contributed by atoms with Gasteiger partial charge < -0.3 is 4.90 Å². The number of amides is 1. The number of aryl methyl sites for hydroxylation is 1. The van der Waals surface area contributed by atoms with Gasteiger partial charge in [-0.25, -0.2) is 13.4 Å². The van der Waals surface area contributed by atoms with Crippen LogP contribution in [0.5, 0.6) is 0 Å². The lowest BCUT2D eigenvalue weighted by molar-refractivity contribution is 0.0385. The van der Waals surface area contributed by atoms with Gasteiger partial charge in [0, 0.05) is 17.6 Å². The summed E-state index contributed by atoms with van der Waals surface area (Å²) in [7, 11) is -3.77. The maximum Gasteiger partial charge on any atom is 0.272 e. The van der Waals surface area contributed by atoms with Gasteiger partial charge in [0.2, 0.25) is 0 Å². The molecule has 2 fully saturated rings. The minimum absolute atomic E-state index is 0.0237. The molecular formula is C23H26Cl2N2O3S. The Hall–Kier alpha value is -1.63. The smallest absolute Gasteiger partial charge is 0.272 e. The van der Waals surface area contributed by atoms with Crippen LogP contribution in [0.1, 0.15) is 60.3 Å². The largest absolute Gasteiger partial charge is 0.334 e. The molecule has 1 amide bonds. The predicted octanol–water partition coefficient (Wildman–Crippen LogP) is 5.47. The molecule has 8 heteroatoms. The van der Waals surface area contributed by atoms with Crippen molar-refractivity contribution in [2.45, 2.75) is 62.1 Å². The Morgan fingerprint density at radius 1 is 1.10 bits per heavy atom. The van der Waals surface area contributed by atoms with E-state index < -0.39 is 9.84 Å². The Balaban J connectivity index is 1.57. The average molecular weight is 481 g/mol. The third kappa shape index (κ3) is 4.76. The summed E-state index contributed by atoms with van der Waals surface area (Å²) in [5, 5.41) is 0.470. The van der Waals surface area contributed by atoms with Crippen molar-refractivity contribution in [1.82, 2.24) is 9.88 Å². The van der Waals surface area contributed by atoms with Crippen LogP contribution in [0.2, 0.25) is 10.0 Å². The zero-order valence-corrected chi connectivity index (χ0v) is 19.8. The number of halogens is 2. The predicted molar refractivity (Wildman–Crippen MR) is 122 cm³/mol. The molecule has 166 valence electrons. The minimum Gasteiger partial charge on any atom is -0.334 e. The van der Waals surface area contributed by atoms with Crippen molar-refractivity contribution in [2.24, 2.45) is 5.92 Å². The average Bonchev–Trinajstić information content (AvgIpc) is 2.75. The molecule has 0 radical (unpaired) electrons. The third-order valence-corrected chi connectivity index (χ3v) is 8.93. The highest BCUT2D eigenvalue weighted by molar-refractivity contribution is 7.90. The summed E-state index contributed by atoms with van der Waals surface area (Å²) in [5.74, 6) is 0.120. The van der Waals surface area contributed by atoms with Crippen LogP contribution in [-0.4, -0.2) is 36.8 Å². The summed E-state index contributed by atoms with van der Waals surface area (Å²) in [5.41, 5.74) is 1.32. The molecule has 4 rings (SSSR count). The molecule has 1 aromatic carbocycles. The van der Waals surface area contributed by atoms with Crippen molar-refractivity contribution in [2.75, 3.05) is 6.54 Å². The zero-order valence-electron chi connectivity index (χ0n) is 17.5. The maximum atomic E-state index is 13.3. The van der Waals surface area contributed by atoms with Crippen molar-refractivity contribution in [3.05, 3.63) is 57.3 Å². The van der Waals surface area contributed by atoms with Crippen LogP contribution in [0.3, 0.4) is 0 Å². The van der Waals surface area contributed by atoms with Gasteiger partial charge in [-0.05, 0) is 68.4 Å². The third-order valence-electron chi connectivity index (χ3n) is 6.42. The molecule has 31 heavy (non-hydrogen) atoms. The molecule has 0 spiro atoms. The number of rotatable bonds is 4. The number of piperidine rings is 1. The highest BCUT2D eigenvalue weighted by Crippen LogP contribution is 2.36. The van der Waals surface area contributed by atoms with E-state index in [9.17, 15) is 13.2 Å². The van der Waals surface area contributed by atoms with E-state index in [1.165, 1.54) is 25.3 Å². The summed E-state index contributed by atoms with van der Waals surface area (Å²) in [6.07, 6.45) is 6.79. The van der Waals surface area contributed by atoms with Crippen LogP contribution in [-0.2, 0) is 15.6 Å². The molecule has 1 saturated carbocycles. The molecule has 1 aliphatic heterocycles. The Kier molecular flexibility index (Phi) is 6.61. The topological polar surface area (TPSA) is 67.3 Å². The molecule has 2 atom stereocenters. The van der Waals surface area contributed by atoms with Gasteiger partial charge in [0.15, 0.2) is 9.84 Å². The second-order valence-corrected chi connectivity index (χ2v) is 11.3. The minimum atomic E-state index is -3.77. The first kappa shape index (κ1) is 22.6. The van der Waals surface area contributed by atoms with E-state index in [1.807, 2.05) is 4.90 Å². The molecular weight excluding hydrogens is 455 g/mol. The lowest BCUT2D eigenvalue weighted by atomic mass is 9.78. The second kappa shape index (κ2) is 9.08. The van der Waals surface area contributed by atoms with Gasteiger partial charge in [-0.2, -0.15) is 0 Å². The van der Waals surface area contributed by atoms with Crippen molar-refractivity contribution in [1.29, 1.82) is 0 Å². The van der Waals surface area contributed by atoms with Crippen LogP contribution in [0.4, 0.5) is 0 Å². The molecule has 2 aromatic rings.